The van der Waals surface area contributed by atoms with Crippen molar-refractivity contribution in [2.75, 3.05) is 6.61 Å². The van der Waals surface area contributed by atoms with E-state index in [2.05, 4.69) is 74.7 Å². The number of hydrogen-bond donors (Lipinski definition) is 3. The van der Waals surface area contributed by atoms with Gasteiger partial charge in [-0.25, -0.2) is 0 Å². The third-order valence-electron chi connectivity index (χ3n) is 13.7. The molecule has 0 spiro atoms. The monoisotopic (exact) mass is 954 g/mol. The van der Waals surface area contributed by atoms with E-state index in [1.807, 2.05) is 0 Å². The maximum atomic E-state index is 13.3. The Hall–Kier alpha value is -2.18. The van der Waals surface area contributed by atoms with Gasteiger partial charge in [-0.15, -0.1) is 0 Å². The van der Waals surface area contributed by atoms with Gasteiger partial charge in [0.1, 0.15) is 6.10 Å². The Bertz CT molecular complexity index is 1160. The van der Waals surface area contributed by atoms with Gasteiger partial charge in [0.05, 0.1) is 25.2 Å². The van der Waals surface area contributed by atoms with Crippen LogP contribution in [0.5, 0.6) is 0 Å². The average Bonchev–Trinajstić information content (AvgIpc) is 3.33. The molecule has 0 saturated heterocycles. The van der Waals surface area contributed by atoms with Gasteiger partial charge in [-0.05, 0) is 77.0 Å². The van der Waals surface area contributed by atoms with Crippen LogP contribution in [-0.2, 0) is 14.3 Å². The number of aliphatic hydroxyl groups excluding tert-OH is 2. The Kier molecular flexibility index (Phi) is 54.0. The van der Waals surface area contributed by atoms with Crippen molar-refractivity contribution in [2.24, 2.45) is 0 Å². The number of carbonyl (C=O) groups excluding carboxylic acids is 2. The van der Waals surface area contributed by atoms with E-state index in [1.54, 1.807) is 0 Å². The fourth-order valence-corrected chi connectivity index (χ4v) is 9.13. The highest BCUT2D eigenvalue weighted by Crippen LogP contribution is 2.18. The minimum Gasteiger partial charge on any atom is -0.462 e. The molecule has 3 unspecified atom stereocenters. The molecule has 0 bridgehead atoms. The predicted molar refractivity (Wildman–Crippen MR) is 296 cm³/mol. The minimum absolute atomic E-state index is 0.0531. The van der Waals surface area contributed by atoms with Crippen molar-refractivity contribution in [1.82, 2.24) is 5.32 Å². The fraction of sp³-hybridized carbons (Fsp3) is 0.839. The van der Waals surface area contributed by atoms with Crippen molar-refractivity contribution in [3.8, 4) is 0 Å². The highest BCUT2D eigenvalue weighted by molar-refractivity contribution is 5.77. The van der Waals surface area contributed by atoms with Crippen molar-refractivity contribution in [1.29, 1.82) is 0 Å². The summed E-state index contributed by atoms with van der Waals surface area (Å²) < 4.78 is 5.95. The van der Waals surface area contributed by atoms with Crippen LogP contribution in [0.3, 0.4) is 0 Å². The summed E-state index contributed by atoms with van der Waals surface area (Å²) >= 11 is 0. The lowest BCUT2D eigenvalue weighted by Gasteiger charge is -2.24. The molecule has 0 rings (SSSR count). The zero-order valence-corrected chi connectivity index (χ0v) is 45.5. The van der Waals surface area contributed by atoms with E-state index in [9.17, 15) is 19.8 Å². The largest absolute Gasteiger partial charge is 0.462 e. The lowest BCUT2D eigenvalue weighted by molar-refractivity contribution is -0.151. The van der Waals surface area contributed by atoms with E-state index >= 15 is 0 Å². The van der Waals surface area contributed by atoms with Gasteiger partial charge in [-0.2, -0.15) is 0 Å². The number of allylic oxidation sites excluding steroid dienone is 8. The molecule has 0 aliphatic rings. The second kappa shape index (κ2) is 55.7. The van der Waals surface area contributed by atoms with E-state index in [0.717, 1.165) is 77.0 Å². The van der Waals surface area contributed by atoms with Crippen LogP contribution in [0, 0.1) is 0 Å². The molecular formula is C62H115NO5. The van der Waals surface area contributed by atoms with Crippen molar-refractivity contribution >= 4 is 11.9 Å². The summed E-state index contributed by atoms with van der Waals surface area (Å²) in [6.45, 7) is 6.49. The molecular weight excluding hydrogens is 839 g/mol. The second-order valence-corrected chi connectivity index (χ2v) is 20.5. The highest BCUT2D eigenvalue weighted by Gasteiger charge is 2.24. The zero-order valence-electron chi connectivity index (χ0n) is 45.5. The minimum atomic E-state index is -0.799. The van der Waals surface area contributed by atoms with Crippen LogP contribution in [0.1, 0.15) is 310 Å². The number of aliphatic hydroxyl groups is 2. The summed E-state index contributed by atoms with van der Waals surface area (Å²) in [7, 11) is 0. The molecule has 1 amide bonds. The van der Waals surface area contributed by atoms with Crippen LogP contribution in [0.2, 0.25) is 0 Å². The summed E-state index contributed by atoms with van der Waals surface area (Å²) in [5.41, 5.74) is 0. The first-order valence-electron chi connectivity index (χ1n) is 29.9. The number of unbranched alkanes of at least 4 members (excludes halogenated alkanes) is 36. The van der Waals surface area contributed by atoms with E-state index in [1.165, 1.54) is 186 Å². The summed E-state index contributed by atoms with van der Waals surface area (Å²) in [4.78, 5) is 26.3. The van der Waals surface area contributed by atoms with Gasteiger partial charge < -0.3 is 20.3 Å². The van der Waals surface area contributed by atoms with Gasteiger partial charge in [0.15, 0.2) is 0 Å². The molecule has 0 heterocycles. The maximum Gasteiger partial charge on any atom is 0.306 e. The van der Waals surface area contributed by atoms with E-state index < -0.39 is 18.2 Å². The normalized spacial score (nSPS) is 13.4. The Balaban J connectivity index is 4.61. The Labute approximate surface area is 423 Å². The molecule has 398 valence electrons. The smallest absolute Gasteiger partial charge is 0.306 e. The molecule has 0 saturated carbocycles. The summed E-state index contributed by atoms with van der Waals surface area (Å²) in [5, 5.41) is 23.9. The highest BCUT2D eigenvalue weighted by atomic mass is 16.5. The van der Waals surface area contributed by atoms with Crippen LogP contribution in [0.15, 0.2) is 48.6 Å². The number of esters is 1. The van der Waals surface area contributed by atoms with Crippen LogP contribution in [0.25, 0.3) is 0 Å². The van der Waals surface area contributed by atoms with Gasteiger partial charge >= 0.3 is 5.97 Å². The quantitative estimate of drug-likeness (QED) is 0.0244. The van der Waals surface area contributed by atoms with Gasteiger partial charge in [0, 0.05) is 6.42 Å². The predicted octanol–water partition coefficient (Wildman–Crippen LogP) is 18.6. The molecule has 0 radical (unpaired) electrons. The summed E-state index contributed by atoms with van der Waals surface area (Å²) in [6, 6.07) is -0.715. The molecule has 6 heteroatoms. The maximum absolute atomic E-state index is 13.3. The topological polar surface area (TPSA) is 95.9 Å². The van der Waals surface area contributed by atoms with E-state index in [-0.39, 0.29) is 24.9 Å². The second-order valence-electron chi connectivity index (χ2n) is 20.5. The molecule has 68 heavy (non-hydrogen) atoms. The molecule has 6 nitrogen and oxygen atoms in total. The van der Waals surface area contributed by atoms with Crippen molar-refractivity contribution < 1.29 is 24.5 Å². The number of carbonyl (C=O) groups is 2. The SMILES string of the molecule is CCCCCCC/C=C/C=C/C=C/CCCCCC(CC(=O)NC(CO)C(O)CCCCCCCCCCCCCCCCC)OC(=O)CCCCCCC/C=C/CCCCCCCCCCC. The molecule has 0 fully saturated rings. The Morgan fingerprint density at radius 1 is 0.426 bits per heavy atom. The lowest BCUT2D eigenvalue weighted by atomic mass is 10.0. The van der Waals surface area contributed by atoms with Crippen LogP contribution >= 0.6 is 0 Å². The third kappa shape index (κ3) is 50.2. The van der Waals surface area contributed by atoms with Crippen molar-refractivity contribution in [3.63, 3.8) is 0 Å². The van der Waals surface area contributed by atoms with Gasteiger partial charge in [-0.1, -0.05) is 268 Å². The molecule has 0 aliphatic carbocycles. The first-order chi connectivity index (χ1) is 33.5. The van der Waals surface area contributed by atoms with Crippen molar-refractivity contribution in [3.05, 3.63) is 48.6 Å². The molecule has 3 N–H and O–H groups in total. The Morgan fingerprint density at radius 2 is 0.765 bits per heavy atom. The number of amides is 1. The van der Waals surface area contributed by atoms with E-state index in [4.69, 9.17) is 4.74 Å². The van der Waals surface area contributed by atoms with Gasteiger partial charge in [-0.3, -0.25) is 9.59 Å². The average molecular weight is 955 g/mol. The molecule has 0 aliphatic heterocycles. The Morgan fingerprint density at radius 3 is 1.18 bits per heavy atom. The van der Waals surface area contributed by atoms with Gasteiger partial charge in [0.2, 0.25) is 5.91 Å². The number of nitrogens with one attached hydrogen (secondary N) is 1. The third-order valence-corrected chi connectivity index (χ3v) is 13.7. The lowest BCUT2D eigenvalue weighted by Crippen LogP contribution is -2.46. The number of rotatable bonds is 54. The first-order valence-corrected chi connectivity index (χ1v) is 29.9. The van der Waals surface area contributed by atoms with Gasteiger partial charge in [0.25, 0.3) is 0 Å². The standard InChI is InChI=1S/C62H115NO5/c1-4-7-10-13-16-19-22-25-28-30-31-34-37-40-43-46-49-52-55-62(67)68-58(53-50-47-44-41-38-35-33-29-26-23-20-17-14-11-8-5-2)56-61(66)63-59(57-64)60(65)54-51-48-45-42-39-36-32-27-24-21-18-15-12-9-6-3/h23,26,29,31,33-35,38,58-60,64-65H,4-22,24-25,27-28,30,32,36-37,39-57H2,1-3H3,(H,63,66)/b26-23+,33-29+,34-31+,38-35+. The molecule has 0 aromatic carbocycles. The molecule has 0 aromatic rings. The fourth-order valence-electron chi connectivity index (χ4n) is 9.13. The summed E-state index contributed by atoms with van der Waals surface area (Å²) in [6.07, 6.45) is 68.9. The molecule has 0 aromatic heterocycles. The molecule has 3 atom stereocenters. The van der Waals surface area contributed by atoms with Crippen LogP contribution in [-0.4, -0.2) is 46.9 Å². The van der Waals surface area contributed by atoms with E-state index in [0.29, 0.717) is 19.3 Å². The van der Waals surface area contributed by atoms with Crippen molar-refractivity contribution in [2.45, 2.75) is 328 Å². The summed E-state index contributed by atoms with van der Waals surface area (Å²) in [5.74, 6) is -0.505. The number of ether oxygens (including phenoxy) is 1. The number of hydrogen-bond acceptors (Lipinski definition) is 5. The van der Waals surface area contributed by atoms with Crippen LogP contribution in [0.4, 0.5) is 0 Å². The van der Waals surface area contributed by atoms with Crippen LogP contribution < -0.4 is 5.32 Å². The zero-order chi connectivity index (χ0) is 49.5. The first kappa shape index (κ1) is 65.8.